The first kappa shape index (κ1) is 18.0. The van der Waals surface area contributed by atoms with Gasteiger partial charge in [0.05, 0.1) is 13.0 Å². The minimum absolute atomic E-state index is 0.219. The highest BCUT2D eigenvalue weighted by Crippen LogP contribution is 2.41. The number of cyclic esters (lactones) is 1. The highest BCUT2D eigenvalue weighted by Gasteiger charge is 2.59. The summed E-state index contributed by atoms with van der Waals surface area (Å²) < 4.78 is 39.6. The van der Waals surface area contributed by atoms with Crippen LogP contribution in [0, 0.1) is 0 Å². The fraction of sp³-hybridized carbons (Fsp3) is 0.938. The highest BCUT2D eigenvalue weighted by molar-refractivity contribution is 5.80. The highest BCUT2D eigenvalue weighted by atomic mass is 16.8. The fourth-order valence-corrected chi connectivity index (χ4v) is 3.49. The molecule has 0 aromatic heterocycles. The predicted octanol–water partition coefficient (Wildman–Crippen LogP) is 0.963. The average Bonchev–Trinajstić information content (AvgIpc) is 3.12. The second kappa shape index (κ2) is 5.89. The van der Waals surface area contributed by atoms with Crippen molar-refractivity contribution in [2.45, 2.75) is 75.9 Å². The number of rotatable bonds is 4. The first-order valence-electron chi connectivity index (χ1n) is 8.10. The number of esters is 1. The van der Waals surface area contributed by atoms with Crippen LogP contribution in [0.2, 0.25) is 0 Å². The van der Waals surface area contributed by atoms with Gasteiger partial charge < -0.3 is 33.2 Å². The molecule has 0 amide bonds. The molecule has 3 saturated heterocycles. The van der Waals surface area contributed by atoms with Crippen molar-refractivity contribution < 1.29 is 38.0 Å². The van der Waals surface area contributed by atoms with Crippen LogP contribution in [-0.4, -0.2) is 68.6 Å². The van der Waals surface area contributed by atoms with E-state index in [4.69, 9.17) is 33.2 Å². The Balaban J connectivity index is 1.79. The van der Waals surface area contributed by atoms with Crippen LogP contribution in [-0.2, 0) is 38.0 Å². The standard InChI is InChI=1S/C16H26O8/c1-14(2)20-8-10(22-14)12-11(23-15(3,4)24-12)9-7-16(18-5,19-6)13(17)21-9/h9-12H,7-8H2,1-6H3/t9-,10-,11-,12-/m1/s1. The van der Waals surface area contributed by atoms with Gasteiger partial charge in [0.15, 0.2) is 11.6 Å². The van der Waals surface area contributed by atoms with E-state index in [2.05, 4.69) is 0 Å². The quantitative estimate of drug-likeness (QED) is 0.550. The fourth-order valence-electron chi connectivity index (χ4n) is 3.49. The Hall–Kier alpha value is -0.770. The SMILES string of the molecule is COC1(OC)C[C@H]([C@H]2OC(C)(C)O[C@@H]2[C@H]2COC(C)(C)O2)OC1=O. The monoisotopic (exact) mass is 346 g/mol. The van der Waals surface area contributed by atoms with E-state index in [0.29, 0.717) is 6.61 Å². The lowest BCUT2D eigenvalue weighted by Gasteiger charge is -2.26. The molecule has 3 fully saturated rings. The Morgan fingerprint density at radius 1 is 0.917 bits per heavy atom. The third kappa shape index (κ3) is 3.07. The van der Waals surface area contributed by atoms with Crippen LogP contribution < -0.4 is 0 Å². The lowest BCUT2D eigenvalue weighted by atomic mass is 9.99. The number of carbonyl (C=O) groups excluding carboxylic acids is 1. The number of hydrogen-bond acceptors (Lipinski definition) is 8. The van der Waals surface area contributed by atoms with E-state index >= 15 is 0 Å². The molecule has 0 spiro atoms. The van der Waals surface area contributed by atoms with Gasteiger partial charge >= 0.3 is 5.97 Å². The molecule has 3 aliphatic rings. The van der Waals surface area contributed by atoms with Gasteiger partial charge in [-0.2, -0.15) is 0 Å². The van der Waals surface area contributed by atoms with Gasteiger partial charge in [0.1, 0.15) is 24.4 Å². The molecule has 3 aliphatic heterocycles. The van der Waals surface area contributed by atoms with Crippen molar-refractivity contribution in [3.8, 4) is 0 Å². The van der Waals surface area contributed by atoms with E-state index in [-0.39, 0.29) is 12.5 Å². The summed E-state index contributed by atoms with van der Waals surface area (Å²) >= 11 is 0. The summed E-state index contributed by atoms with van der Waals surface area (Å²) in [5.41, 5.74) is 0. The van der Waals surface area contributed by atoms with E-state index in [1.807, 2.05) is 27.7 Å². The molecule has 138 valence electrons. The van der Waals surface area contributed by atoms with E-state index in [1.54, 1.807) is 0 Å². The van der Waals surface area contributed by atoms with Crippen LogP contribution >= 0.6 is 0 Å². The second-order valence-electron chi connectivity index (χ2n) is 7.24. The molecule has 3 heterocycles. The predicted molar refractivity (Wildman–Crippen MR) is 80.0 cm³/mol. The molecular weight excluding hydrogens is 320 g/mol. The number of methoxy groups -OCH3 is 2. The lowest BCUT2D eigenvalue weighted by Crippen LogP contribution is -2.44. The van der Waals surface area contributed by atoms with Crippen LogP contribution in [0.25, 0.3) is 0 Å². The van der Waals surface area contributed by atoms with Gasteiger partial charge in [0.2, 0.25) is 0 Å². The third-order valence-electron chi connectivity index (χ3n) is 4.63. The summed E-state index contributed by atoms with van der Waals surface area (Å²) in [6.07, 6.45) is -1.58. The van der Waals surface area contributed by atoms with Gasteiger partial charge in [-0.3, -0.25) is 0 Å². The minimum Gasteiger partial charge on any atom is -0.455 e. The van der Waals surface area contributed by atoms with Gasteiger partial charge in [-0.15, -0.1) is 0 Å². The van der Waals surface area contributed by atoms with E-state index in [0.717, 1.165) is 0 Å². The number of hydrogen-bond donors (Lipinski definition) is 0. The smallest absolute Gasteiger partial charge is 0.367 e. The normalized spacial score (nSPS) is 40.0. The van der Waals surface area contributed by atoms with Gasteiger partial charge in [-0.05, 0) is 27.7 Å². The number of carbonyl (C=O) groups is 1. The maximum absolute atomic E-state index is 12.2. The van der Waals surface area contributed by atoms with E-state index < -0.39 is 41.6 Å². The summed E-state index contributed by atoms with van der Waals surface area (Å²) in [7, 11) is 2.83. The summed E-state index contributed by atoms with van der Waals surface area (Å²) in [4.78, 5) is 12.2. The van der Waals surface area contributed by atoms with Crippen molar-refractivity contribution in [2.24, 2.45) is 0 Å². The minimum atomic E-state index is -1.41. The molecule has 24 heavy (non-hydrogen) atoms. The third-order valence-corrected chi connectivity index (χ3v) is 4.63. The molecule has 0 aromatic rings. The van der Waals surface area contributed by atoms with Crippen molar-refractivity contribution in [1.82, 2.24) is 0 Å². The van der Waals surface area contributed by atoms with Gasteiger partial charge in [-0.1, -0.05) is 0 Å². The van der Waals surface area contributed by atoms with Gasteiger partial charge in [0, 0.05) is 14.2 Å². The molecule has 0 saturated carbocycles. The molecule has 0 unspecified atom stereocenters. The van der Waals surface area contributed by atoms with E-state index in [9.17, 15) is 4.79 Å². The molecule has 0 bridgehead atoms. The van der Waals surface area contributed by atoms with Gasteiger partial charge in [-0.25, -0.2) is 4.79 Å². The zero-order valence-corrected chi connectivity index (χ0v) is 15.0. The Morgan fingerprint density at radius 2 is 1.50 bits per heavy atom. The maximum atomic E-state index is 12.2. The van der Waals surface area contributed by atoms with Crippen LogP contribution in [0.1, 0.15) is 34.1 Å². The first-order chi connectivity index (χ1) is 11.1. The molecule has 3 rings (SSSR count). The van der Waals surface area contributed by atoms with Crippen LogP contribution in [0.15, 0.2) is 0 Å². The summed E-state index contributed by atoms with van der Waals surface area (Å²) in [6, 6.07) is 0. The molecule has 0 aromatic carbocycles. The van der Waals surface area contributed by atoms with Gasteiger partial charge in [0.25, 0.3) is 5.79 Å². The Morgan fingerprint density at radius 3 is 1.96 bits per heavy atom. The molecule has 8 nitrogen and oxygen atoms in total. The van der Waals surface area contributed by atoms with E-state index in [1.165, 1.54) is 14.2 Å². The van der Waals surface area contributed by atoms with Crippen LogP contribution in [0.5, 0.6) is 0 Å². The van der Waals surface area contributed by atoms with Crippen molar-refractivity contribution in [2.75, 3.05) is 20.8 Å². The molecule has 8 heteroatoms. The van der Waals surface area contributed by atoms with Crippen molar-refractivity contribution in [3.05, 3.63) is 0 Å². The zero-order chi connectivity index (χ0) is 17.8. The average molecular weight is 346 g/mol. The summed E-state index contributed by atoms with van der Waals surface area (Å²) in [6.45, 7) is 7.71. The van der Waals surface area contributed by atoms with Crippen molar-refractivity contribution in [3.63, 3.8) is 0 Å². The molecule has 0 aliphatic carbocycles. The van der Waals surface area contributed by atoms with Crippen LogP contribution in [0.4, 0.5) is 0 Å². The molecule has 0 radical (unpaired) electrons. The Labute approximate surface area is 141 Å². The van der Waals surface area contributed by atoms with Crippen LogP contribution in [0.3, 0.4) is 0 Å². The summed E-state index contributed by atoms with van der Waals surface area (Å²) in [5, 5.41) is 0. The topological polar surface area (TPSA) is 81.7 Å². The lowest BCUT2D eigenvalue weighted by molar-refractivity contribution is -0.210. The second-order valence-corrected chi connectivity index (χ2v) is 7.24. The molecule has 0 N–H and O–H groups in total. The Bertz CT molecular complexity index is 498. The molecule has 4 atom stereocenters. The Kier molecular flexibility index (Phi) is 4.43. The zero-order valence-electron chi connectivity index (χ0n) is 15.0. The van der Waals surface area contributed by atoms with Crippen molar-refractivity contribution in [1.29, 1.82) is 0 Å². The summed E-state index contributed by atoms with van der Waals surface area (Å²) in [5.74, 6) is -3.46. The van der Waals surface area contributed by atoms with Crippen molar-refractivity contribution >= 4 is 5.97 Å². The maximum Gasteiger partial charge on any atom is 0.367 e. The first-order valence-corrected chi connectivity index (χ1v) is 8.10. The number of ether oxygens (including phenoxy) is 7. The molecular formula is C16H26O8. The largest absolute Gasteiger partial charge is 0.455 e.